The first kappa shape index (κ1) is 11.8. The molecule has 0 aliphatic rings. The van der Waals surface area contributed by atoms with Gasteiger partial charge in [-0.25, -0.2) is 0 Å². The Hall–Kier alpha value is -1.66. The number of aromatic amines is 1. The quantitative estimate of drug-likeness (QED) is 0.515. The highest BCUT2D eigenvalue weighted by Crippen LogP contribution is 2.35. The maximum Gasteiger partial charge on any atom is 0.311 e. The normalized spacial score (nSPS) is 10.5. The molecule has 0 saturated heterocycles. The zero-order valence-electron chi connectivity index (χ0n) is 8.69. The van der Waals surface area contributed by atoms with Crippen molar-refractivity contribution in [3.8, 4) is 5.75 Å². The third kappa shape index (κ3) is 1.96. The van der Waals surface area contributed by atoms with Crippen molar-refractivity contribution < 1.29 is 9.66 Å². The van der Waals surface area contributed by atoms with Crippen LogP contribution in [0.2, 0.25) is 5.02 Å². The molecule has 2 rings (SSSR count). The first-order valence-corrected chi connectivity index (χ1v) is 5.37. The minimum atomic E-state index is -0.546. The Balaban J connectivity index is 2.99. The molecule has 7 heteroatoms. The van der Waals surface area contributed by atoms with Gasteiger partial charge in [-0.05, 0) is 12.1 Å². The summed E-state index contributed by atoms with van der Waals surface area (Å²) >= 11 is 10.8. The second kappa shape index (κ2) is 4.31. The van der Waals surface area contributed by atoms with E-state index in [1.807, 2.05) is 0 Å². The van der Waals surface area contributed by atoms with Gasteiger partial charge in [-0.15, -0.1) is 0 Å². The van der Waals surface area contributed by atoms with Gasteiger partial charge >= 0.3 is 5.69 Å². The molecule has 0 unspecified atom stereocenters. The van der Waals surface area contributed by atoms with E-state index in [-0.39, 0.29) is 16.2 Å². The summed E-state index contributed by atoms with van der Waals surface area (Å²) in [7, 11) is 1.48. The molecule has 0 aliphatic heterocycles. The minimum absolute atomic E-state index is 0.0569. The van der Waals surface area contributed by atoms with Crippen molar-refractivity contribution in [2.75, 3.05) is 7.11 Å². The third-order valence-electron chi connectivity index (χ3n) is 2.31. The summed E-state index contributed by atoms with van der Waals surface area (Å²) in [5, 5.41) is 11.6. The summed E-state index contributed by atoms with van der Waals surface area (Å²) in [6.45, 7) is 0. The number of nitro benzene ring substituents is 1. The second-order valence-electron chi connectivity index (χ2n) is 3.28. The van der Waals surface area contributed by atoms with Gasteiger partial charge in [0.1, 0.15) is 20.9 Å². The predicted octanol–water partition coefficient (Wildman–Crippen LogP) is 3.47. The molecule has 0 saturated carbocycles. The molecule has 88 valence electrons. The zero-order chi connectivity index (χ0) is 12.6. The second-order valence-corrected chi connectivity index (χ2v) is 4.12. The van der Waals surface area contributed by atoms with Crippen molar-refractivity contribution in [1.29, 1.82) is 0 Å². The van der Waals surface area contributed by atoms with Gasteiger partial charge in [0.25, 0.3) is 0 Å². The van der Waals surface area contributed by atoms with Gasteiger partial charge in [0.15, 0.2) is 0 Å². The lowest BCUT2D eigenvalue weighted by Crippen LogP contribution is -1.95. The first-order chi connectivity index (χ1) is 8.04. The molecule has 1 aromatic heterocycles. The van der Waals surface area contributed by atoms with Crippen LogP contribution in [0.1, 0.15) is 0 Å². The number of nitrogens with zero attached hydrogens (tertiary/aromatic N) is 1. The van der Waals surface area contributed by atoms with Gasteiger partial charge in [0.05, 0.1) is 12.0 Å². The number of rotatable bonds is 2. The topological polar surface area (TPSA) is 68.2 Å². The molecule has 1 heterocycles. The van der Waals surface area contributed by atoms with Crippen LogP contribution in [0.5, 0.6) is 5.75 Å². The number of nitro groups is 1. The van der Waals surface area contributed by atoms with E-state index >= 15 is 0 Å². The standard InChI is InChI=1S/C10H7ClN2O3S/c1-16-7-4-8(17)12-9-5(7)2-3-6(11)10(9)13(14)15/h2-4H,1H3,(H,12,17). The Kier molecular flexibility index (Phi) is 2.99. The molecule has 0 bridgehead atoms. The van der Waals surface area contributed by atoms with E-state index in [0.29, 0.717) is 15.8 Å². The average molecular weight is 271 g/mol. The Bertz CT molecular complexity index is 668. The monoisotopic (exact) mass is 270 g/mol. The Morgan fingerprint density at radius 3 is 2.82 bits per heavy atom. The first-order valence-electron chi connectivity index (χ1n) is 4.58. The molecular formula is C10H7ClN2O3S. The van der Waals surface area contributed by atoms with Crippen LogP contribution in [0.4, 0.5) is 5.69 Å². The summed E-state index contributed by atoms with van der Waals surface area (Å²) in [5.74, 6) is 0.475. The summed E-state index contributed by atoms with van der Waals surface area (Å²) in [6.07, 6.45) is 0. The van der Waals surface area contributed by atoms with E-state index in [1.54, 1.807) is 12.1 Å². The SMILES string of the molecule is COc1cc(=S)[nH]c2c([N+](=O)[O-])c(Cl)ccc12. The number of H-pyrrole nitrogens is 1. The molecule has 0 atom stereocenters. The van der Waals surface area contributed by atoms with Gasteiger partial charge in [0, 0.05) is 11.5 Å². The average Bonchev–Trinajstić information content (AvgIpc) is 2.26. The van der Waals surface area contributed by atoms with E-state index < -0.39 is 4.92 Å². The van der Waals surface area contributed by atoms with Crippen LogP contribution in [0.15, 0.2) is 18.2 Å². The van der Waals surface area contributed by atoms with Crippen LogP contribution in [0.25, 0.3) is 10.9 Å². The maximum absolute atomic E-state index is 11.0. The van der Waals surface area contributed by atoms with Crippen molar-refractivity contribution in [2.24, 2.45) is 0 Å². The third-order valence-corrected chi connectivity index (χ3v) is 2.83. The molecule has 0 radical (unpaired) electrons. The van der Waals surface area contributed by atoms with Crippen LogP contribution in [-0.4, -0.2) is 17.0 Å². The molecule has 0 aliphatic carbocycles. The van der Waals surface area contributed by atoms with Crippen molar-refractivity contribution in [2.45, 2.75) is 0 Å². The number of aromatic nitrogens is 1. The fraction of sp³-hybridized carbons (Fsp3) is 0.100. The Labute approximate surface area is 106 Å². The number of hydrogen-bond donors (Lipinski definition) is 1. The van der Waals surface area contributed by atoms with Crippen LogP contribution < -0.4 is 4.74 Å². The predicted molar refractivity (Wildman–Crippen MR) is 67.3 cm³/mol. The van der Waals surface area contributed by atoms with Crippen LogP contribution in [0, 0.1) is 14.8 Å². The number of fused-ring (bicyclic) bond motifs is 1. The highest BCUT2D eigenvalue weighted by molar-refractivity contribution is 7.71. The number of halogens is 1. The molecular weight excluding hydrogens is 264 g/mol. The van der Waals surface area contributed by atoms with E-state index in [2.05, 4.69) is 4.98 Å². The molecule has 0 spiro atoms. The van der Waals surface area contributed by atoms with E-state index in [1.165, 1.54) is 13.2 Å². The van der Waals surface area contributed by atoms with E-state index in [4.69, 9.17) is 28.6 Å². The smallest absolute Gasteiger partial charge is 0.311 e. The highest BCUT2D eigenvalue weighted by Gasteiger charge is 2.19. The zero-order valence-corrected chi connectivity index (χ0v) is 10.3. The number of nitrogens with one attached hydrogen (secondary N) is 1. The van der Waals surface area contributed by atoms with Gasteiger partial charge < -0.3 is 9.72 Å². The van der Waals surface area contributed by atoms with E-state index in [0.717, 1.165) is 0 Å². The van der Waals surface area contributed by atoms with Crippen molar-refractivity contribution in [3.63, 3.8) is 0 Å². The minimum Gasteiger partial charge on any atom is -0.496 e. The van der Waals surface area contributed by atoms with Crippen molar-refractivity contribution in [1.82, 2.24) is 4.98 Å². The fourth-order valence-electron chi connectivity index (χ4n) is 1.60. The fourth-order valence-corrected chi connectivity index (χ4v) is 2.04. The number of hydrogen-bond acceptors (Lipinski definition) is 4. The summed E-state index contributed by atoms with van der Waals surface area (Å²) in [5.41, 5.74) is 0.0704. The highest BCUT2D eigenvalue weighted by atomic mass is 35.5. The number of methoxy groups -OCH3 is 1. The van der Waals surface area contributed by atoms with Gasteiger partial charge in [0.2, 0.25) is 0 Å². The van der Waals surface area contributed by atoms with Crippen LogP contribution >= 0.6 is 23.8 Å². The molecule has 0 fully saturated rings. The lowest BCUT2D eigenvalue weighted by atomic mass is 10.2. The van der Waals surface area contributed by atoms with Crippen LogP contribution in [-0.2, 0) is 0 Å². The molecule has 0 amide bonds. The maximum atomic E-state index is 11.0. The summed E-state index contributed by atoms with van der Waals surface area (Å²) in [4.78, 5) is 13.2. The summed E-state index contributed by atoms with van der Waals surface area (Å²) < 4.78 is 5.48. The molecule has 5 nitrogen and oxygen atoms in total. The number of pyridine rings is 1. The molecule has 1 N–H and O–H groups in total. The van der Waals surface area contributed by atoms with Crippen molar-refractivity contribution >= 4 is 40.4 Å². The lowest BCUT2D eigenvalue weighted by molar-refractivity contribution is -0.383. The van der Waals surface area contributed by atoms with E-state index in [9.17, 15) is 10.1 Å². The van der Waals surface area contributed by atoms with Crippen LogP contribution in [0.3, 0.4) is 0 Å². The number of benzene rings is 1. The molecule has 2 aromatic rings. The Morgan fingerprint density at radius 1 is 1.53 bits per heavy atom. The molecule has 17 heavy (non-hydrogen) atoms. The lowest BCUT2D eigenvalue weighted by Gasteiger charge is -2.06. The Morgan fingerprint density at radius 2 is 2.24 bits per heavy atom. The largest absolute Gasteiger partial charge is 0.496 e. The molecule has 1 aromatic carbocycles. The van der Waals surface area contributed by atoms with Gasteiger partial charge in [-0.1, -0.05) is 23.8 Å². The van der Waals surface area contributed by atoms with Crippen molar-refractivity contribution in [3.05, 3.63) is 38.0 Å². The van der Waals surface area contributed by atoms with Gasteiger partial charge in [-0.2, -0.15) is 0 Å². The summed E-state index contributed by atoms with van der Waals surface area (Å²) in [6, 6.07) is 4.70. The number of ether oxygens (including phenoxy) is 1. The van der Waals surface area contributed by atoms with Gasteiger partial charge in [-0.3, -0.25) is 10.1 Å².